The molecule has 49 heavy (non-hydrogen) atoms. The third kappa shape index (κ3) is 6.06. The molecule has 0 aliphatic heterocycles. The van der Waals surface area contributed by atoms with Crippen molar-refractivity contribution in [1.82, 2.24) is 0 Å². The third-order valence-electron chi connectivity index (χ3n) is 9.28. The molecule has 0 radical (unpaired) electrons. The first-order valence-electron chi connectivity index (χ1n) is 16.3. The Kier molecular flexibility index (Phi) is 9.67. The van der Waals surface area contributed by atoms with E-state index in [1.807, 2.05) is 0 Å². The van der Waals surface area contributed by atoms with E-state index in [-0.39, 0.29) is 5.92 Å². The van der Waals surface area contributed by atoms with Gasteiger partial charge < -0.3 is 0 Å². The average Bonchev–Trinajstić information content (AvgIpc) is 3.17. The van der Waals surface area contributed by atoms with Crippen molar-refractivity contribution in [3.8, 4) is 0 Å². The van der Waals surface area contributed by atoms with Crippen LogP contribution in [0.15, 0.2) is 188 Å². The van der Waals surface area contributed by atoms with Crippen LogP contribution in [-0.2, 0) is 14.0 Å². The molecule has 0 saturated heterocycles. The summed E-state index contributed by atoms with van der Waals surface area (Å²) in [4.78, 5) is 0. The van der Waals surface area contributed by atoms with Gasteiger partial charge >= 0.3 is 307 Å². The maximum absolute atomic E-state index is 7.72. The molecule has 7 aromatic rings. The summed E-state index contributed by atoms with van der Waals surface area (Å²) in [6.07, 6.45) is 4.74. The first kappa shape index (κ1) is 32.8. The van der Waals surface area contributed by atoms with Gasteiger partial charge in [0.1, 0.15) is 0 Å². The quantitative estimate of drug-likeness (QED) is 0.106. The zero-order valence-electron chi connectivity index (χ0n) is 26.6. The first-order chi connectivity index (χ1) is 24.2. The molecule has 0 nitrogen and oxygen atoms in total. The molecule has 0 amide bonds. The molecule has 0 N–H and O–H groups in total. The SMILES string of the molecule is [Cl][Ru]([Cl])[C]1(P(c2ccccc2)c2ccccc2)C=Cc2ccccc2C1c1c(P(c2ccccc2)c2ccccc2)ccc2ccccc12. The fraction of sp³-hybridized carbons (Fsp3) is 0.0455. The van der Waals surface area contributed by atoms with Gasteiger partial charge in [0.25, 0.3) is 0 Å². The molecule has 2 atom stereocenters. The molecule has 0 fully saturated rings. The molecule has 5 heteroatoms. The molecule has 0 bridgehead atoms. The zero-order chi connectivity index (χ0) is 33.2. The molecule has 241 valence electrons. The van der Waals surface area contributed by atoms with Crippen molar-refractivity contribution < 1.29 is 14.0 Å². The van der Waals surface area contributed by atoms with Gasteiger partial charge in [-0.15, -0.1) is 0 Å². The Morgan fingerprint density at radius 3 is 1.55 bits per heavy atom. The van der Waals surface area contributed by atoms with E-state index < -0.39 is 33.6 Å². The zero-order valence-corrected chi connectivity index (χ0v) is 31.6. The summed E-state index contributed by atoms with van der Waals surface area (Å²) in [5.41, 5.74) is 3.86. The summed E-state index contributed by atoms with van der Waals surface area (Å²) in [6, 6.07) is 66.5. The predicted molar refractivity (Wildman–Crippen MR) is 213 cm³/mol. The Balaban J connectivity index is 1.52. The summed E-state index contributed by atoms with van der Waals surface area (Å²) in [5, 5.41) is 9.06. The Morgan fingerprint density at radius 2 is 0.980 bits per heavy atom. The van der Waals surface area contributed by atoms with Gasteiger partial charge in [-0.05, 0) is 0 Å². The molecule has 1 aliphatic carbocycles. The standard InChI is InChI=1S/C44H33P2.2ClH.Ru/c1-5-19-35(20-6-1)45(36-21-7-2-8-22-36)41-31-29-33-17-13-15-27-39(33)43(41)44-40-28-16-14-18-34(40)30-32-42(44)46(37-23-9-3-10-24-37)38-25-11-4-12-26-38;;;/h1-32,43H;2*1H;/q;;;+2/p-2. The summed E-state index contributed by atoms with van der Waals surface area (Å²) in [6.45, 7) is 0. The van der Waals surface area contributed by atoms with Crippen molar-refractivity contribution in [3.63, 3.8) is 0 Å². The monoisotopic (exact) mass is 795 g/mol. The van der Waals surface area contributed by atoms with E-state index in [1.54, 1.807) is 0 Å². The van der Waals surface area contributed by atoms with Crippen LogP contribution in [0.25, 0.3) is 16.8 Å². The fourth-order valence-electron chi connectivity index (χ4n) is 7.24. The van der Waals surface area contributed by atoms with E-state index >= 15 is 0 Å². The second-order valence-electron chi connectivity index (χ2n) is 12.0. The predicted octanol–water partition coefficient (Wildman–Crippen LogP) is 10.5. The molecule has 0 aromatic heterocycles. The molecule has 0 spiro atoms. The summed E-state index contributed by atoms with van der Waals surface area (Å²) >= 11 is -2.62. The van der Waals surface area contributed by atoms with E-state index in [9.17, 15) is 0 Å². The third-order valence-corrected chi connectivity index (χ3v) is 22.2. The van der Waals surface area contributed by atoms with Crippen LogP contribution in [0.2, 0.25) is 0 Å². The molecule has 0 saturated carbocycles. The van der Waals surface area contributed by atoms with Crippen molar-refractivity contribution in [2.75, 3.05) is 0 Å². The van der Waals surface area contributed by atoms with Crippen molar-refractivity contribution in [2.24, 2.45) is 0 Å². The average molecular weight is 796 g/mol. The number of hydrogen-bond donors (Lipinski definition) is 0. The van der Waals surface area contributed by atoms with E-state index in [0.29, 0.717) is 0 Å². The molecule has 1 aliphatic rings. The topological polar surface area (TPSA) is 0 Å². The second-order valence-corrected chi connectivity index (χ2v) is 23.6. The second kappa shape index (κ2) is 14.5. The van der Waals surface area contributed by atoms with Crippen molar-refractivity contribution in [3.05, 3.63) is 205 Å². The van der Waals surface area contributed by atoms with E-state index in [4.69, 9.17) is 19.4 Å². The Bertz CT molecular complexity index is 2150. The Labute approximate surface area is 305 Å². The van der Waals surface area contributed by atoms with E-state index in [0.717, 1.165) is 0 Å². The van der Waals surface area contributed by atoms with E-state index in [2.05, 4.69) is 194 Å². The van der Waals surface area contributed by atoms with Crippen LogP contribution >= 0.6 is 35.2 Å². The van der Waals surface area contributed by atoms with Crippen molar-refractivity contribution in [1.29, 1.82) is 0 Å². The van der Waals surface area contributed by atoms with Crippen LogP contribution in [0.5, 0.6) is 0 Å². The van der Waals surface area contributed by atoms with Gasteiger partial charge in [0.05, 0.1) is 0 Å². The number of fused-ring (bicyclic) bond motifs is 2. The van der Waals surface area contributed by atoms with Crippen LogP contribution in [-0.4, -0.2) is 3.75 Å². The fourth-order valence-corrected chi connectivity index (χ4v) is 19.7. The summed E-state index contributed by atoms with van der Waals surface area (Å²) < 4.78 is -0.548. The van der Waals surface area contributed by atoms with Crippen LogP contribution in [0.3, 0.4) is 0 Å². The van der Waals surface area contributed by atoms with Crippen LogP contribution in [0.4, 0.5) is 0 Å². The van der Waals surface area contributed by atoms with Gasteiger partial charge in [-0.3, -0.25) is 0 Å². The normalized spacial score (nSPS) is 17.3. The number of benzene rings is 7. The van der Waals surface area contributed by atoms with Crippen LogP contribution in [0, 0.1) is 0 Å². The minimum absolute atomic E-state index is 0.0902. The Hall–Kier alpha value is -3.40. The summed E-state index contributed by atoms with van der Waals surface area (Å²) in [7, 11) is 13.4. The van der Waals surface area contributed by atoms with Gasteiger partial charge in [-0.2, -0.15) is 0 Å². The number of rotatable bonds is 8. The van der Waals surface area contributed by atoms with Crippen LogP contribution in [0.1, 0.15) is 22.6 Å². The Morgan fingerprint density at radius 1 is 0.490 bits per heavy atom. The van der Waals surface area contributed by atoms with Gasteiger partial charge in [-0.1, -0.05) is 0 Å². The van der Waals surface area contributed by atoms with E-state index in [1.165, 1.54) is 54.0 Å². The van der Waals surface area contributed by atoms with Crippen LogP contribution < -0.4 is 26.5 Å². The first-order valence-corrected chi connectivity index (χ1v) is 24.3. The van der Waals surface area contributed by atoms with Gasteiger partial charge in [-0.25, -0.2) is 0 Å². The molecular formula is C44H33Cl2P2Ru. The number of halogens is 2. The summed E-state index contributed by atoms with van der Waals surface area (Å²) in [5.74, 6) is -0.0902. The molecule has 0 heterocycles. The molecule has 8 rings (SSSR count). The minimum atomic E-state index is -2.62. The molecule has 7 aromatic carbocycles. The van der Waals surface area contributed by atoms with Gasteiger partial charge in [0, 0.05) is 0 Å². The maximum atomic E-state index is 7.72. The number of hydrogen-bond acceptors (Lipinski definition) is 0. The van der Waals surface area contributed by atoms with Crippen molar-refractivity contribution in [2.45, 2.75) is 9.67 Å². The molecule has 2 unspecified atom stereocenters. The van der Waals surface area contributed by atoms with Gasteiger partial charge in [0.2, 0.25) is 0 Å². The number of allylic oxidation sites excluding steroid dienone is 1. The van der Waals surface area contributed by atoms with Crippen molar-refractivity contribution >= 4 is 78.6 Å². The molecular weight excluding hydrogens is 762 g/mol. The van der Waals surface area contributed by atoms with Gasteiger partial charge in [0.15, 0.2) is 0 Å².